The fraction of sp³-hybridized carbons (Fsp3) is 0. The average molecular weight is 180 g/mol. The van der Waals surface area contributed by atoms with Gasteiger partial charge >= 0.3 is 5.97 Å². The molecular formula is C8H5FN2O2. The van der Waals surface area contributed by atoms with E-state index in [9.17, 15) is 9.18 Å². The quantitative estimate of drug-likeness (QED) is 0.697. The van der Waals surface area contributed by atoms with Crippen molar-refractivity contribution in [2.45, 2.75) is 0 Å². The Morgan fingerprint density at radius 3 is 3.00 bits per heavy atom. The molecule has 0 bridgehead atoms. The Labute approximate surface area is 72.0 Å². The highest BCUT2D eigenvalue weighted by atomic mass is 19.1. The second kappa shape index (κ2) is 2.55. The molecule has 1 aromatic heterocycles. The first kappa shape index (κ1) is 7.72. The molecule has 4 nitrogen and oxygen atoms in total. The number of nitrogens with zero attached hydrogens (tertiary/aromatic N) is 1. The smallest absolute Gasteiger partial charge is 0.335 e. The van der Waals surface area contributed by atoms with E-state index in [1.54, 1.807) is 0 Å². The van der Waals surface area contributed by atoms with Crippen LogP contribution in [0.4, 0.5) is 4.39 Å². The summed E-state index contributed by atoms with van der Waals surface area (Å²) in [5.74, 6) is -1.69. The number of fused-ring (bicyclic) bond motifs is 1. The molecule has 66 valence electrons. The van der Waals surface area contributed by atoms with Crippen molar-refractivity contribution in [1.29, 1.82) is 0 Å². The van der Waals surface area contributed by atoms with Gasteiger partial charge in [0, 0.05) is 0 Å². The third kappa shape index (κ3) is 1.14. The number of H-pyrrole nitrogens is 1. The highest BCUT2D eigenvalue weighted by Gasteiger charge is 2.08. The highest BCUT2D eigenvalue weighted by Crippen LogP contribution is 2.16. The average Bonchev–Trinajstić information content (AvgIpc) is 2.47. The number of rotatable bonds is 1. The molecular weight excluding hydrogens is 175 g/mol. The second-order valence-corrected chi connectivity index (χ2v) is 2.57. The molecule has 1 heterocycles. The van der Waals surface area contributed by atoms with Crippen LogP contribution in [0.15, 0.2) is 18.2 Å². The van der Waals surface area contributed by atoms with E-state index in [0.29, 0.717) is 5.52 Å². The van der Waals surface area contributed by atoms with Crippen LogP contribution >= 0.6 is 0 Å². The van der Waals surface area contributed by atoms with Crippen molar-refractivity contribution < 1.29 is 14.3 Å². The molecule has 0 saturated heterocycles. The van der Waals surface area contributed by atoms with Gasteiger partial charge in [-0.2, -0.15) is 9.49 Å². The number of carboxylic acids is 1. The van der Waals surface area contributed by atoms with E-state index in [2.05, 4.69) is 10.2 Å². The van der Waals surface area contributed by atoms with Gasteiger partial charge in [-0.3, -0.25) is 5.10 Å². The number of halogens is 1. The standard InChI is InChI=1S/C8H5FN2O2/c9-7-5-3-4(8(12)13)1-2-6(5)10-11-7/h1-3H,(H,10,11)(H,12,13). The van der Waals surface area contributed by atoms with E-state index < -0.39 is 11.9 Å². The van der Waals surface area contributed by atoms with Crippen molar-refractivity contribution in [2.24, 2.45) is 0 Å². The van der Waals surface area contributed by atoms with Crippen LogP contribution in [-0.4, -0.2) is 21.3 Å². The molecule has 0 atom stereocenters. The van der Waals surface area contributed by atoms with Crippen LogP contribution in [0.3, 0.4) is 0 Å². The first-order valence-electron chi connectivity index (χ1n) is 3.55. The molecule has 0 unspecified atom stereocenters. The van der Waals surface area contributed by atoms with Crippen molar-refractivity contribution >= 4 is 16.9 Å². The van der Waals surface area contributed by atoms with Crippen LogP contribution in [0.5, 0.6) is 0 Å². The SMILES string of the molecule is O=C(O)c1ccc2n[nH]c(F)c2c1. The molecule has 2 aromatic rings. The maximum atomic E-state index is 12.9. The molecule has 0 spiro atoms. The summed E-state index contributed by atoms with van der Waals surface area (Å²) in [6, 6.07) is 4.08. The summed E-state index contributed by atoms with van der Waals surface area (Å²) in [6.07, 6.45) is 0. The van der Waals surface area contributed by atoms with Crippen LogP contribution in [0, 0.1) is 5.95 Å². The Morgan fingerprint density at radius 1 is 1.54 bits per heavy atom. The Balaban J connectivity index is 2.72. The summed E-state index contributed by atoms with van der Waals surface area (Å²) >= 11 is 0. The van der Waals surface area contributed by atoms with Gasteiger partial charge < -0.3 is 5.11 Å². The Kier molecular flexibility index (Phi) is 1.51. The summed E-state index contributed by atoms with van der Waals surface area (Å²) in [5.41, 5.74) is 0.468. The molecule has 2 N–H and O–H groups in total. The first-order chi connectivity index (χ1) is 6.18. The van der Waals surface area contributed by atoms with Gasteiger partial charge in [0.05, 0.1) is 16.5 Å². The number of hydrogen-bond acceptors (Lipinski definition) is 2. The lowest BCUT2D eigenvalue weighted by Crippen LogP contribution is -1.94. The van der Waals surface area contributed by atoms with E-state index in [1.807, 2.05) is 0 Å². The van der Waals surface area contributed by atoms with Gasteiger partial charge in [0.1, 0.15) is 0 Å². The molecule has 5 heteroatoms. The van der Waals surface area contributed by atoms with Gasteiger partial charge in [-0.25, -0.2) is 4.79 Å². The Morgan fingerprint density at radius 2 is 2.31 bits per heavy atom. The number of aromatic carboxylic acids is 1. The molecule has 2 rings (SSSR count). The summed E-state index contributed by atoms with van der Waals surface area (Å²) in [5, 5.41) is 14.6. The van der Waals surface area contributed by atoms with E-state index in [1.165, 1.54) is 18.2 Å². The second-order valence-electron chi connectivity index (χ2n) is 2.57. The van der Waals surface area contributed by atoms with Crippen LogP contribution < -0.4 is 0 Å². The lowest BCUT2D eigenvalue weighted by molar-refractivity contribution is 0.0697. The summed E-state index contributed by atoms with van der Waals surface area (Å²) < 4.78 is 12.9. The maximum absolute atomic E-state index is 12.9. The van der Waals surface area contributed by atoms with Crippen LogP contribution in [0.1, 0.15) is 10.4 Å². The van der Waals surface area contributed by atoms with E-state index in [0.717, 1.165) is 0 Å². The van der Waals surface area contributed by atoms with Gasteiger partial charge in [-0.1, -0.05) is 0 Å². The maximum Gasteiger partial charge on any atom is 0.335 e. The number of aromatic nitrogens is 2. The number of aromatic amines is 1. The third-order valence-corrected chi connectivity index (χ3v) is 1.75. The van der Waals surface area contributed by atoms with Crippen molar-refractivity contribution in [1.82, 2.24) is 10.2 Å². The van der Waals surface area contributed by atoms with Gasteiger partial charge in [0.25, 0.3) is 0 Å². The summed E-state index contributed by atoms with van der Waals surface area (Å²) in [6.45, 7) is 0. The molecule has 0 aliphatic heterocycles. The molecule has 13 heavy (non-hydrogen) atoms. The topological polar surface area (TPSA) is 66.0 Å². The van der Waals surface area contributed by atoms with Crippen LogP contribution in [0.2, 0.25) is 0 Å². The van der Waals surface area contributed by atoms with Crippen molar-refractivity contribution in [3.8, 4) is 0 Å². The highest BCUT2D eigenvalue weighted by molar-refractivity contribution is 5.93. The normalized spacial score (nSPS) is 10.5. The number of carboxylic acid groups (broad SMARTS) is 1. The van der Waals surface area contributed by atoms with Gasteiger partial charge in [0.2, 0.25) is 5.95 Å². The minimum absolute atomic E-state index is 0.0489. The third-order valence-electron chi connectivity index (χ3n) is 1.75. The minimum atomic E-state index is -1.08. The summed E-state index contributed by atoms with van der Waals surface area (Å²) in [7, 11) is 0. The van der Waals surface area contributed by atoms with Crippen LogP contribution in [-0.2, 0) is 0 Å². The van der Waals surface area contributed by atoms with Crippen molar-refractivity contribution in [3.05, 3.63) is 29.7 Å². The zero-order valence-electron chi connectivity index (χ0n) is 6.41. The lowest BCUT2D eigenvalue weighted by Gasteiger charge is -1.92. The number of hydrogen-bond donors (Lipinski definition) is 2. The molecule has 0 radical (unpaired) electrons. The van der Waals surface area contributed by atoms with Crippen LogP contribution in [0.25, 0.3) is 10.9 Å². The predicted molar refractivity (Wildman–Crippen MR) is 43.0 cm³/mol. The van der Waals surface area contributed by atoms with Gasteiger partial charge in [-0.15, -0.1) is 0 Å². The van der Waals surface area contributed by atoms with Crippen molar-refractivity contribution in [2.75, 3.05) is 0 Å². The van der Waals surface area contributed by atoms with E-state index >= 15 is 0 Å². The fourth-order valence-corrected chi connectivity index (χ4v) is 1.11. The van der Waals surface area contributed by atoms with Gasteiger partial charge in [-0.05, 0) is 18.2 Å². The number of benzene rings is 1. The van der Waals surface area contributed by atoms with Gasteiger partial charge in [0.15, 0.2) is 0 Å². The number of carbonyl (C=O) groups is 1. The largest absolute Gasteiger partial charge is 0.478 e. The fourth-order valence-electron chi connectivity index (χ4n) is 1.11. The molecule has 0 fully saturated rings. The molecule has 1 aromatic carbocycles. The first-order valence-corrected chi connectivity index (χ1v) is 3.55. The van der Waals surface area contributed by atoms with E-state index in [-0.39, 0.29) is 10.9 Å². The zero-order valence-corrected chi connectivity index (χ0v) is 6.41. The molecule has 0 saturated carbocycles. The molecule has 0 amide bonds. The predicted octanol–water partition coefficient (Wildman–Crippen LogP) is 1.40. The Hall–Kier alpha value is -1.91. The number of nitrogens with one attached hydrogen (secondary N) is 1. The molecule has 0 aliphatic carbocycles. The minimum Gasteiger partial charge on any atom is -0.478 e. The zero-order chi connectivity index (χ0) is 9.42. The lowest BCUT2D eigenvalue weighted by atomic mass is 10.1. The van der Waals surface area contributed by atoms with Crippen molar-refractivity contribution in [3.63, 3.8) is 0 Å². The molecule has 0 aliphatic rings. The monoisotopic (exact) mass is 180 g/mol. The summed E-state index contributed by atoms with van der Waals surface area (Å²) in [4.78, 5) is 10.5. The van der Waals surface area contributed by atoms with E-state index in [4.69, 9.17) is 5.11 Å². The Bertz CT molecular complexity index is 478.